The van der Waals surface area contributed by atoms with Crippen molar-refractivity contribution in [2.24, 2.45) is 0 Å². The first-order valence-corrected chi connectivity index (χ1v) is 8.52. The van der Waals surface area contributed by atoms with Crippen molar-refractivity contribution in [1.29, 1.82) is 0 Å². The van der Waals surface area contributed by atoms with Gasteiger partial charge < -0.3 is 5.11 Å². The predicted octanol–water partition coefficient (Wildman–Crippen LogP) is 2.88. The van der Waals surface area contributed by atoms with E-state index in [9.17, 15) is 13.2 Å². The molecule has 0 aliphatic carbocycles. The van der Waals surface area contributed by atoms with E-state index in [2.05, 4.69) is 15.9 Å². The van der Waals surface area contributed by atoms with Crippen LogP contribution in [-0.2, 0) is 10.0 Å². The summed E-state index contributed by atoms with van der Waals surface area (Å²) in [6, 6.07) is 2.67. The third-order valence-electron chi connectivity index (χ3n) is 3.01. The Kier molecular flexibility index (Phi) is 5.73. The molecule has 0 heterocycles. The fourth-order valence-corrected chi connectivity index (χ4v) is 4.08. The molecular formula is C13H18BrNO4S. The van der Waals surface area contributed by atoms with Crippen LogP contribution >= 0.6 is 15.9 Å². The van der Waals surface area contributed by atoms with E-state index in [0.29, 0.717) is 29.5 Å². The molecule has 0 amide bonds. The maximum Gasteiger partial charge on any atom is 0.336 e. The Bertz CT molecular complexity index is 613. The van der Waals surface area contributed by atoms with Crippen molar-refractivity contribution >= 4 is 31.9 Å². The first kappa shape index (κ1) is 17.1. The number of nitrogens with zero attached hydrogens (tertiary/aromatic N) is 1. The Morgan fingerprint density at radius 3 is 2.40 bits per heavy atom. The second-order valence-corrected chi connectivity index (χ2v) is 7.17. The number of carbonyl (C=O) groups is 1. The fourth-order valence-electron chi connectivity index (χ4n) is 1.87. The standard InChI is InChI=1S/C13H18BrNO4S/c1-4-6-15(5-2)20(18,19)10-7-11(13(16)17)9(3)12(14)8-10/h7-8H,4-6H2,1-3H3,(H,16,17). The van der Waals surface area contributed by atoms with E-state index in [-0.39, 0.29) is 10.5 Å². The monoisotopic (exact) mass is 363 g/mol. The second-order valence-electron chi connectivity index (χ2n) is 4.38. The van der Waals surface area contributed by atoms with Gasteiger partial charge in [-0.1, -0.05) is 29.8 Å². The lowest BCUT2D eigenvalue weighted by molar-refractivity contribution is 0.0695. The molecule has 0 aromatic heterocycles. The molecule has 5 nitrogen and oxygen atoms in total. The maximum atomic E-state index is 12.5. The molecule has 20 heavy (non-hydrogen) atoms. The molecule has 0 radical (unpaired) electrons. The number of hydrogen-bond acceptors (Lipinski definition) is 3. The van der Waals surface area contributed by atoms with Crippen molar-refractivity contribution in [3.63, 3.8) is 0 Å². The number of sulfonamides is 1. The van der Waals surface area contributed by atoms with E-state index in [1.807, 2.05) is 6.92 Å². The van der Waals surface area contributed by atoms with Gasteiger partial charge in [-0.15, -0.1) is 0 Å². The van der Waals surface area contributed by atoms with E-state index in [1.165, 1.54) is 16.4 Å². The molecule has 0 saturated heterocycles. The SMILES string of the molecule is CCCN(CC)S(=O)(=O)c1cc(Br)c(C)c(C(=O)O)c1. The summed E-state index contributed by atoms with van der Waals surface area (Å²) < 4.78 is 26.8. The molecule has 7 heteroatoms. The minimum atomic E-state index is -3.67. The maximum absolute atomic E-state index is 12.5. The van der Waals surface area contributed by atoms with Crippen LogP contribution in [0.2, 0.25) is 0 Å². The van der Waals surface area contributed by atoms with Crippen LogP contribution in [0.25, 0.3) is 0 Å². The highest BCUT2D eigenvalue weighted by Crippen LogP contribution is 2.27. The van der Waals surface area contributed by atoms with E-state index < -0.39 is 16.0 Å². The van der Waals surface area contributed by atoms with Gasteiger partial charge in [0.2, 0.25) is 10.0 Å². The molecule has 1 N–H and O–H groups in total. The Morgan fingerprint density at radius 2 is 1.95 bits per heavy atom. The summed E-state index contributed by atoms with van der Waals surface area (Å²) in [4.78, 5) is 11.2. The van der Waals surface area contributed by atoms with Crippen molar-refractivity contribution in [2.45, 2.75) is 32.1 Å². The molecule has 0 fully saturated rings. The summed E-state index contributed by atoms with van der Waals surface area (Å²) in [5.74, 6) is -1.14. The lowest BCUT2D eigenvalue weighted by Crippen LogP contribution is -2.31. The van der Waals surface area contributed by atoms with Gasteiger partial charge in [-0.3, -0.25) is 0 Å². The summed E-state index contributed by atoms with van der Waals surface area (Å²) in [6.45, 7) is 6.05. The Hall–Kier alpha value is -0.920. The zero-order valence-electron chi connectivity index (χ0n) is 11.7. The number of rotatable bonds is 6. The first-order valence-electron chi connectivity index (χ1n) is 6.29. The molecule has 0 spiro atoms. The van der Waals surface area contributed by atoms with Crippen LogP contribution in [0.3, 0.4) is 0 Å². The summed E-state index contributed by atoms with van der Waals surface area (Å²) >= 11 is 3.22. The zero-order valence-corrected chi connectivity index (χ0v) is 14.1. The smallest absolute Gasteiger partial charge is 0.336 e. The van der Waals surface area contributed by atoms with E-state index >= 15 is 0 Å². The van der Waals surface area contributed by atoms with Gasteiger partial charge in [0, 0.05) is 17.6 Å². The topological polar surface area (TPSA) is 74.7 Å². The lowest BCUT2D eigenvalue weighted by Gasteiger charge is -2.20. The molecule has 112 valence electrons. The van der Waals surface area contributed by atoms with E-state index in [4.69, 9.17) is 5.11 Å². The number of halogens is 1. The van der Waals surface area contributed by atoms with Crippen LogP contribution < -0.4 is 0 Å². The summed E-state index contributed by atoms with van der Waals surface area (Å²) in [5.41, 5.74) is 0.500. The van der Waals surface area contributed by atoms with Gasteiger partial charge in [-0.2, -0.15) is 4.31 Å². The molecule has 1 rings (SSSR count). The average Bonchev–Trinajstić information content (AvgIpc) is 2.38. The summed E-state index contributed by atoms with van der Waals surface area (Å²) in [6.07, 6.45) is 0.700. The van der Waals surface area contributed by atoms with Gasteiger partial charge >= 0.3 is 5.97 Å². The van der Waals surface area contributed by atoms with Crippen molar-refractivity contribution < 1.29 is 18.3 Å². The van der Waals surface area contributed by atoms with Crippen LogP contribution in [0.1, 0.15) is 36.2 Å². The predicted molar refractivity (Wildman–Crippen MR) is 80.6 cm³/mol. The number of carboxylic acids is 1. The molecule has 0 aliphatic heterocycles. The number of aromatic carboxylic acids is 1. The van der Waals surface area contributed by atoms with Crippen LogP contribution in [0.15, 0.2) is 21.5 Å². The number of carboxylic acid groups (broad SMARTS) is 1. The Morgan fingerprint density at radius 1 is 1.35 bits per heavy atom. The highest BCUT2D eigenvalue weighted by Gasteiger charge is 2.25. The molecule has 0 unspecified atom stereocenters. The van der Waals surface area contributed by atoms with Crippen molar-refractivity contribution in [2.75, 3.05) is 13.1 Å². The Balaban J connectivity index is 3.43. The molecule has 1 aromatic carbocycles. The van der Waals surface area contributed by atoms with E-state index in [0.717, 1.165) is 0 Å². The fraction of sp³-hybridized carbons (Fsp3) is 0.462. The quantitative estimate of drug-likeness (QED) is 0.842. The van der Waals surface area contributed by atoms with Gasteiger partial charge in [0.25, 0.3) is 0 Å². The van der Waals surface area contributed by atoms with Crippen LogP contribution in [0, 0.1) is 6.92 Å². The lowest BCUT2D eigenvalue weighted by atomic mass is 10.1. The zero-order chi connectivity index (χ0) is 15.5. The van der Waals surface area contributed by atoms with Gasteiger partial charge in [-0.05, 0) is 31.0 Å². The van der Waals surface area contributed by atoms with Crippen molar-refractivity contribution in [1.82, 2.24) is 4.31 Å². The third-order valence-corrected chi connectivity index (χ3v) is 5.79. The molecular weight excluding hydrogens is 346 g/mol. The van der Waals surface area contributed by atoms with Crippen molar-refractivity contribution in [3.05, 3.63) is 27.7 Å². The minimum absolute atomic E-state index is 0.00248. The summed E-state index contributed by atoms with van der Waals surface area (Å²) in [7, 11) is -3.67. The minimum Gasteiger partial charge on any atom is -0.478 e. The number of hydrogen-bond donors (Lipinski definition) is 1. The highest BCUT2D eigenvalue weighted by molar-refractivity contribution is 9.10. The Labute approximate surface area is 127 Å². The van der Waals surface area contributed by atoms with Crippen LogP contribution in [-0.4, -0.2) is 36.9 Å². The first-order chi connectivity index (χ1) is 9.25. The van der Waals surface area contributed by atoms with Gasteiger partial charge in [0.15, 0.2) is 0 Å². The molecule has 0 bridgehead atoms. The van der Waals surface area contributed by atoms with Gasteiger partial charge in [-0.25, -0.2) is 13.2 Å². The normalized spacial score (nSPS) is 11.8. The van der Waals surface area contributed by atoms with Crippen molar-refractivity contribution in [3.8, 4) is 0 Å². The largest absolute Gasteiger partial charge is 0.478 e. The van der Waals surface area contributed by atoms with Crippen LogP contribution in [0.4, 0.5) is 0 Å². The number of benzene rings is 1. The third kappa shape index (κ3) is 3.39. The molecule has 0 saturated carbocycles. The summed E-state index contributed by atoms with van der Waals surface area (Å²) in [5, 5.41) is 9.15. The second kappa shape index (κ2) is 6.69. The average molecular weight is 364 g/mol. The highest BCUT2D eigenvalue weighted by atomic mass is 79.9. The molecule has 0 aliphatic rings. The van der Waals surface area contributed by atoms with Crippen LogP contribution in [0.5, 0.6) is 0 Å². The molecule has 0 atom stereocenters. The van der Waals surface area contributed by atoms with Gasteiger partial charge in [0.05, 0.1) is 10.5 Å². The van der Waals surface area contributed by atoms with E-state index in [1.54, 1.807) is 13.8 Å². The molecule has 1 aromatic rings. The van der Waals surface area contributed by atoms with Gasteiger partial charge in [0.1, 0.15) is 0 Å².